The van der Waals surface area contributed by atoms with E-state index in [4.69, 9.17) is 4.74 Å². The molecule has 0 saturated heterocycles. The minimum atomic E-state index is -0.118. The molecule has 1 aliphatic heterocycles. The van der Waals surface area contributed by atoms with Gasteiger partial charge in [0.25, 0.3) is 5.91 Å². The molecule has 3 heterocycles. The molecule has 0 radical (unpaired) electrons. The van der Waals surface area contributed by atoms with Gasteiger partial charge in [0, 0.05) is 6.54 Å². The summed E-state index contributed by atoms with van der Waals surface area (Å²) in [6.07, 6.45) is 1.64. The normalized spacial score (nSPS) is 13.6. The van der Waals surface area contributed by atoms with E-state index in [0.29, 0.717) is 31.2 Å². The van der Waals surface area contributed by atoms with Crippen LogP contribution in [0.25, 0.3) is 0 Å². The number of ether oxygens (including phenoxy) is 1. The molecule has 0 unspecified atom stereocenters. The molecule has 0 atom stereocenters. The summed E-state index contributed by atoms with van der Waals surface area (Å²) >= 11 is 0. The number of anilines is 1. The van der Waals surface area contributed by atoms with E-state index in [1.165, 1.54) is 0 Å². The lowest BCUT2D eigenvalue weighted by Gasteiger charge is -2.26. The van der Waals surface area contributed by atoms with Crippen molar-refractivity contribution in [1.29, 1.82) is 0 Å². The lowest BCUT2D eigenvalue weighted by Crippen LogP contribution is -2.41. The number of para-hydroxylation sites is 1. The number of rotatable bonds is 4. The number of amides is 1. The summed E-state index contributed by atoms with van der Waals surface area (Å²) in [7, 11) is 0. The Morgan fingerprint density at radius 3 is 2.69 bits per heavy atom. The fourth-order valence-electron chi connectivity index (χ4n) is 2.87. The van der Waals surface area contributed by atoms with E-state index in [9.17, 15) is 4.79 Å². The molecule has 0 aliphatic carbocycles. The Morgan fingerprint density at radius 1 is 1.12 bits per heavy atom. The minimum absolute atomic E-state index is 0.118. The number of nitrogens with zero attached hydrogens (tertiary/aromatic N) is 5. The number of aryl methyl sites for hydroxylation is 2. The molecule has 0 bridgehead atoms. The van der Waals surface area contributed by atoms with Crippen molar-refractivity contribution in [2.24, 2.45) is 0 Å². The van der Waals surface area contributed by atoms with Crippen LogP contribution in [-0.4, -0.2) is 32.2 Å². The second-order valence-corrected chi connectivity index (χ2v) is 6.20. The van der Waals surface area contributed by atoms with Crippen molar-refractivity contribution in [2.75, 3.05) is 11.4 Å². The summed E-state index contributed by atoms with van der Waals surface area (Å²) < 4.78 is 7.46. The van der Waals surface area contributed by atoms with Gasteiger partial charge < -0.3 is 4.74 Å². The van der Waals surface area contributed by atoms with Gasteiger partial charge in [0.2, 0.25) is 0 Å². The summed E-state index contributed by atoms with van der Waals surface area (Å²) in [5.74, 6) is 1.23. The summed E-state index contributed by atoms with van der Waals surface area (Å²) in [6, 6.07) is 11.3. The highest BCUT2D eigenvalue weighted by atomic mass is 16.5. The first kappa shape index (κ1) is 16.3. The molecule has 3 aromatic rings. The van der Waals surface area contributed by atoms with Gasteiger partial charge in [-0.25, -0.2) is 4.98 Å². The Bertz CT molecular complexity index is 952. The number of fused-ring (bicyclic) bond motifs is 1. The van der Waals surface area contributed by atoms with Crippen molar-refractivity contribution in [1.82, 2.24) is 19.7 Å². The molecular formula is C19H19N5O2. The third-order valence-electron chi connectivity index (χ3n) is 4.42. The first-order valence-corrected chi connectivity index (χ1v) is 8.48. The molecule has 4 rings (SSSR count). The van der Waals surface area contributed by atoms with Crippen LogP contribution in [0.1, 0.15) is 27.6 Å². The third-order valence-corrected chi connectivity index (χ3v) is 4.42. The SMILES string of the molecule is Cc1ncc(N2CCn3nc(COc4ccccc4)cc3C2=O)nc1C. The monoisotopic (exact) mass is 349 g/mol. The molecular weight excluding hydrogens is 330 g/mol. The summed E-state index contributed by atoms with van der Waals surface area (Å²) in [4.78, 5) is 23.3. The Morgan fingerprint density at radius 2 is 1.92 bits per heavy atom. The zero-order chi connectivity index (χ0) is 18.1. The van der Waals surface area contributed by atoms with Crippen LogP contribution < -0.4 is 9.64 Å². The van der Waals surface area contributed by atoms with Crippen molar-refractivity contribution in [3.63, 3.8) is 0 Å². The Hall–Kier alpha value is -3.22. The van der Waals surface area contributed by atoms with Crippen LogP contribution in [-0.2, 0) is 13.2 Å². The number of hydrogen-bond acceptors (Lipinski definition) is 5. The van der Waals surface area contributed by atoms with Crippen molar-refractivity contribution in [3.05, 3.63) is 65.4 Å². The highest BCUT2D eigenvalue weighted by molar-refractivity contribution is 6.05. The van der Waals surface area contributed by atoms with Crippen LogP contribution in [0.5, 0.6) is 5.75 Å². The Balaban J connectivity index is 1.53. The van der Waals surface area contributed by atoms with Gasteiger partial charge in [-0.2, -0.15) is 5.10 Å². The molecule has 0 fully saturated rings. The highest BCUT2D eigenvalue weighted by Gasteiger charge is 2.28. The number of carbonyl (C=O) groups excluding carboxylic acids is 1. The number of benzene rings is 1. The van der Waals surface area contributed by atoms with Gasteiger partial charge in [-0.15, -0.1) is 0 Å². The second kappa shape index (κ2) is 6.59. The van der Waals surface area contributed by atoms with Gasteiger partial charge in [0.05, 0.1) is 24.1 Å². The number of carbonyl (C=O) groups is 1. The van der Waals surface area contributed by atoms with Crippen molar-refractivity contribution in [2.45, 2.75) is 27.0 Å². The molecule has 2 aromatic heterocycles. The Labute approximate surface area is 151 Å². The molecule has 26 heavy (non-hydrogen) atoms. The molecule has 7 heteroatoms. The number of aromatic nitrogens is 4. The quantitative estimate of drug-likeness (QED) is 0.724. The van der Waals surface area contributed by atoms with Crippen LogP contribution in [0.2, 0.25) is 0 Å². The molecule has 1 aromatic carbocycles. The van der Waals surface area contributed by atoms with E-state index in [2.05, 4.69) is 15.1 Å². The van der Waals surface area contributed by atoms with E-state index in [1.54, 1.807) is 21.8 Å². The van der Waals surface area contributed by atoms with Gasteiger partial charge in [-0.05, 0) is 32.0 Å². The molecule has 7 nitrogen and oxygen atoms in total. The fourth-order valence-corrected chi connectivity index (χ4v) is 2.87. The van der Waals surface area contributed by atoms with Crippen LogP contribution in [0.4, 0.5) is 5.82 Å². The first-order valence-electron chi connectivity index (χ1n) is 8.48. The first-order chi connectivity index (χ1) is 12.6. The van der Waals surface area contributed by atoms with Crippen LogP contribution >= 0.6 is 0 Å². The summed E-state index contributed by atoms with van der Waals surface area (Å²) in [5.41, 5.74) is 2.96. The molecule has 0 N–H and O–H groups in total. The van der Waals surface area contributed by atoms with Gasteiger partial charge in [0.15, 0.2) is 5.82 Å². The third kappa shape index (κ3) is 3.03. The maximum Gasteiger partial charge on any atom is 0.277 e. The van der Waals surface area contributed by atoms with Gasteiger partial charge in [0.1, 0.15) is 23.7 Å². The van der Waals surface area contributed by atoms with Crippen molar-refractivity contribution < 1.29 is 9.53 Å². The van der Waals surface area contributed by atoms with E-state index in [0.717, 1.165) is 22.8 Å². The zero-order valence-corrected chi connectivity index (χ0v) is 14.7. The maximum absolute atomic E-state index is 12.9. The number of hydrogen-bond donors (Lipinski definition) is 0. The van der Waals surface area contributed by atoms with Crippen molar-refractivity contribution in [3.8, 4) is 5.75 Å². The van der Waals surface area contributed by atoms with Crippen LogP contribution in [0, 0.1) is 13.8 Å². The molecule has 1 aliphatic rings. The highest BCUT2D eigenvalue weighted by Crippen LogP contribution is 2.21. The lowest BCUT2D eigenvalue weighted by atomic mass is 10.2. The van der Waals surface area contributed by atoms with E-state index in [-0.39, 0.29) is 5.91 Å². The lowest BCUT2D eigenvalue weighted by molar-refractivity contribution is 0.0961. The molecule has 1 amide bonds. The summed E-state index contributed by atoms with van der Waals surface area (Å²) in [6.45, 7) is 5.24. The van der Waals surface area contributed by atoms with Crippen LogP contribution in [0.3, 0.4) is 0 Å². The van der Waals surface area contributed by atoms with Gasteiger partial charge in [-0.1, -0.05) is 18.2 Å². The topological polar surface area (TPSA) is 73.1 Å². The second-order valence-electron chi connectivity index (χ2n) is 6.20. The Kier molecular flexibility index (Phi) is 4.12. The van der Waals surface area contributed by atoms with E-state index in [1.807, 2.05) is 44.2 Å². The van der Waals surface area contributed by atoms with Gasteiger partial charge in [-0.3, -0.25) is 19.4 Å². The standard InChI is InChI=1S/C19H19N5O2/c1-13-14(2)21-18(11-20-13)23-8-9-24-17(19(23)25)10-15(22-24)12-26-16-6-4-3-5-7-16/h3-7,10-11H,8-9,12H2,1-2H3. The average Bonchev–Trinajstić information content (AvgIpc) is 3.08. The largest absolute Gasteiger partial charge is 0.487 e. The molecule has 132 valence electrons. The summed E-state index contributed by atoms with van der Waals surface area (Å²) in [5, 5.41) is 4.48. The predicted octanol–water partition coefficient (Wildman–Crippen LogP) is 2.53. The van der Waals surface area contributed by atoms with Crippen LogP contribution in [0.15, 0.2) is 42.6 Å². The van der Waals surface area contributed by atoms with E-state index >= 15 is 0 Å². The van der Waals surface area contributed by atoms with E-state index < -0.39 is 0 Å². The van der Waals surface area contributed by atoms with Crippen molar-refractivity contribution >= 4 is 11.7 Å². The minimum Gasteiger partial charge on any atom is -0.487 e. The maximum atomic E-state index is 12.9. The molecule has 0 spiro atoms. The fraction of sp³-hybridized carbons (Fsp3) is 0.263. The van der Waals surface area contributed by atoms with Gasteiger partial charge >= 0.3 is 0 Å². The smallest absolute Gasteiger partial charge is 0.277 e. The average molecular weight is 349 g/mol. The zero-order valence-electron chi connectivity index (χ0n) is 14.7. The molecule has 0 saturated carbocycles. The predicted molar refractivity (Wildman–Crippen MR) is 96.2 cm³/mol.